The standard InChI is InChI=1S/C23H23NO2/c25-23(24-17-9-12-19-10-3-1-4-11-19)22-16-8-7-13-20(22)18-26-21-14-5-2-6-15-21/h1-8,10-11,13-16H,9,12,17-18H2,(H,24,25). The van der Waals surface area contributed by atoms with Gasteiger partial charge in [-0.05, 0) is 36.6 Å². The average Bonchev–Trinajstić information content (AvgIpc) is 2.71. The Hall–Kier alpha value is -3.07. The molecule has 26 heavy (non-hydrogen) atoms. The van der Waals surface area contributed by atoms with Gasteiger partial charge in [-0.3, -0.25) is 4.79 Å². The third-order valence-electron chi connectivity index (χ3n) is 4.17. The van der Waals surface area contributed by atoms with Crippen LogP contribution < -0.4 is 10.1 Å². The molecule has 3 aromatic carbocycles. The Labute approximate surface area is 154 Å². The Balaban J connectivity index is 1.52. The molecule has 0 spiro atoms. The minimum atomic E-state index is -0.0506. The molecule has 0 aromatic heterocycles. The number of amides is 1. The van der Waals surface area contributed by atoms with E-state index in [2.05, 4.69) is 17.4 Å². The topological polar surface area (TPSA) is 38.3 Å². The van der Waals surface area contributed by atoms with E-state index in [9.17, 15) is 4.79 Å². The van der Waals surface area contributed by atoms with Crippen LogP contribution in [0.15, 0.2) is 84.9 Å². The first-order chi connectivity index (χ1) is 12.8. The Morgan fingerprint density at radius 3 is 2.23 bits per heavy atom. The minimum Gasteiger partial charge on any atom is -0.489 e. The van der Waals surface area contributed by atoms with Gasteiger partial charge in [0.05, 0.1) is 0 Å². The molecule has 1 N–H and O–H groups in total. The maximum atomic E-state index is 12.5. The molecule has 0 aliphatic heterocycles. The number of para-hydroxylation sites is 1. The molecule has 0 saturated carbocycles. The van der Waals surface area contributed by atoms with Gasteiger partial charge in [-0.2, -0.15) is 0 Å². The molecular formula is C23H23NO2. The van der Waals surface area contributed by atoms with Crippen LogP contribution in [0.1, 0.15) is 27.9 Å². The average molecular weight is 345 g/mol. The van der Waals surface area contributed by atoms with Crippen LogP contribution in [0.4, 0.5) is 0 Å². The molecule has 0 saturated heterocycles. The highest BCUT2D eigenvalue weighted by molar-refractivity contribution is 5.95. The summed E-state index contributed by atoms with van der Waals surface area (Å²) in [6.07, 6.45) is 1.87. The lowest BCUT2D eigenvalue weighted by atomic mass is 10.1. The van der Waals surface area contributed by atoms with Crippen LogP contribution in [0.2, 0.25) is 0 Å². The lowest BCUT2D eigenvalue weighted by Gasteiger charge is -2.11. The number of aryl methyl sites for hydroxylation is 1. The number of ether oxygens (including phenoxy) is 1. The van der Waals surface area contributed by atoms with E-state index in [1.54, 1.807) is 0 Å². The summed E-state index contributed by atoms with van der Waals surface area (Å²) < 4.78 is 5.79. The number of carbonyl (C=O) groups is 1. The molecule has 132 valence electrons. The molecule has 0 unspecified atom stereocenters. The second kappa shape index (κ2) is 9.42. The number of hydrogen-bond donors (Lipinski definition) is 1. The van der Waals surface area contributed by atoms with Gasteiger partial charge < -0.3 is 10.1 Å². The summed E-state index contributed by atoms with van der Waals surface area (Å²) in [5.74, 6) is 0.746. The zero-order valence-corrected chi connectivity index (χ0v) is 14.7. The lowest BCUT2D eigenvalue weighted by Crippen LogP contribution is -2.26. The molecule has 0 bridgehead atoms. The summed E-state index contributed by atoms with van der Waals surface area (Å²) in [5, 5.41) is 3.01. The fourth-order valence-corrected chi connectivity index (χ4v) is 2.78. The van der Waals surface area contributed by atoms with Gasteiger partial charge in [0.1, 0.15) is 12.4 Å². The Morgan fingerprint density at radius 1 is 0.808 bits per heavy atom. The van der Waals surface area contributed by atoms with Gasteiger partial charge in [0, 0.05) is 17.7 Å². The number of hydrogen-bond acceptors (Lipinski definition) is 2. The van der Waals surface area contributed by atoms with Gasteiger partial charge in [-0.15, -0.1) is 0 Å². The van der Waals surface area contributed by atoms with Crippen LogP contribution in [-0.2, 0) is 13.0 Å². The van der Waals surface area contributed by atoms with E-state index in [4.69, 9.17) is 4.74 Å². The van der Waals surface area contributed by atoms with Gasteiger partial charge in [0.25, 0.3) is 5.91 Å². The largest absolute Gasteiger partial charge is 0.489 e. The van der Waals surface area contributed by atoms with Gasteiger partial charge in [-0.25, -0.2) is 0 Å². The molecule has 3 rings (SSSR count). The van der Waals surface area contributed by atoms with Crippen molar-refractivity contribution in [1.82, 2.24) is 5.32 Å². The molecule has 3 nitrogen and oxygen atoms in total. The molecule has 0 atom stereocenters. The van der Waals surface area contributed by atoms with Crippen LogP contribution in [0.3, 0.4) is 0 Å². The number of nitrogens with one attached hydrogen (secondary N) is 1. The molecular weight excluding hydrogens is 322 g/mol. The fourth-order valence-electron chi connectivity index (χ4n) is 2.78. The summed E-state index contributed by atoms with van der Waals surface area (Å²) in [6, 6.07) is 27.5. The molecule has 1 amide bonds. The van der Waals surface area contributed by atoms with E-state index in [1.807, 2.05) is 72.8 Å². The van der Waals surface area contributed by atoms with Crippen molar-refractivity contribution in [2.75, 3.05) is 6.54 Å². The summed E-state index contributed by atoms with van der Waals surface area (Å²) in [5.41, 5.74) is 2.85. The second-order valence-corrected chi connectivity index (χ2v) is 6.10. The van der Waals surface area contributed by atoms with Crippen molar-refractivity contribution in [2.45, 2.75) is 19.4 Å². The van der Waals surface area contributed by atoms with Crippen LogP contribution in [0.5, 0.6) is 5.75 Å². The number of carbonyl (C=O) groups excluding carboxylic acids is 1. The Kier molecular flexibility index (Phi) is 6.43. The van der Waals surface area contributed by atoms with Gasteiger partial charge >= 0.3 is 0 Å². The monoisotopic (exact) mass is 345 g/mol. The minimum absolute atomic E-state index is 0.0506. The summed E-state index contributed by atoms with van der Waals surface area (Å²) in [4.78, 5) is 12.5. The molecule has 0 aliphatic carbocycles. The highest BCUT2D eigenvalue weighted by Gasteiger charge is 2.10. The smallest absolute Gasteiger partial charge is 0.251 e. The predicted molar refractivity (Wildman–Crippen MR) is 104 cm³/mol. The lowest BCUT2D eigenvalue weighted by molar-refractivity contribution is 0.0950. The quantitative estimate of drug-likeness (QED) is 0.605. The molecule has 0 radical (unpaired) electrons. The molecule has 3 heteroatoms. The maximum absolute atomic E-state index is 12.5. The zero-order valence-electron chi connectivity index (χ0n) is 14.7. The third kappa shape index (κ3) is 5.21. The zero-order chi connectivity index (χ0) is 18.0. The second-order valence-electron chi connectivity index (χ2n) is 6.10. The predicted octanol–water partition coefficient (Wildman–Crippen LogP) is 4.63. The highest BCUT2D eigenvalue weighted by atomic mass is 16.5. The summed E-state index contributed by atoms with van der Waals surface area (Å²) in [7, 11) is 0. The van der Waals surface area contributed by atoms with Crippen molar-refractivity contribution in [3.8, 4) is 5.75 Å². The molecule has 0 aliphatic rings. The van der Waals surface area contributed by atoms with Crippen molar-refractivity contribution < 1.29 is 9.53 Å². The third-order valence-corrected chi connectivity index (χ3v) is 4.17. The van der Waals surface area contributed by atoms with E-state index in [0.29, 0.717) is 18.7 Å². The first-order valence-corrected chi connectivity index (χ1v) is 8.91. The Morgan fingerprint density at radius 2 is 1.46 bits per heavy atom. The highest BCUT2D eigenvalue weighted by Crippen LogP contribution is 2.15. The van der Waals surface area contributed by atoms with Crippen LogP contribution >= 0.6 is 0 Å². The van der Waals surface area contributed by atoms with Crippen LogP contribution in [-0.4, -0.2) is 12.5 Å². The first kappa shape index (κ1) is 17.7. The number of benzene rings is 3. The van der Waals surface area contributed by atoms with Crippen LogP contribution in [0.25, 0.3) is 0 Å². The van der Waals surface area contributed by atoms with Gasteiger partial charge in [-0.1, -0.05) is 66.7 Å². The van der Waals surface area contributed by atoms with Crippen molar-refractivity contribution in [2.24, 2.45) is 0 Å². The normalized spacial score (nSPS) is 10.3. The van der Waals surface area contributed by atoms with E-state index in [0.717, 1.165) is 24.2 Å². The van der Waals surface area contributed by atoms with Gasteiger partial charge in [0.2, 0.25) is 0 Å². The summed E-state index contributed by atoms with van der Waals surface area (Å²) in [6.45, 7) is 1.03. The van der Waals surface area contributed by atoms with Gasteiger partial charge in [0.15, 0.2) is 0 Å². The van der Waals surface area contributed by atoms with E-state index < -0.39 is 0 Å². The van der Waals surface area contributed by atoms with Crippen molar-refractivity contribution in [3.63, 3.8) is 0 Å². The molecule has 3 aromatic rings. The Bertz CT molecular complexity index is 816. The maximum Gasteiger partial charge on any atom is 0.251 e. The molecule has 0 heterocycles. The van der Waals surface area contributed by atoms with Crippen molar-refractivity contribution in [1.29, 1.82) is 0 Å². The van der Waals surface area contributed by atoms with E-state index >= 15 is 0 Å². The SMILES string of the molecule is O=C(NCCCc1ccccc1)c1ccccc1COc1ccccc1. The first-order valence-electron chi connectivity index (χ1n) is 8.91. The van der Waals surface area contributed by atoms with Crippen LogP contribution in [0, 0.1) is 0 Å². The number of rotatable bonds is 8. The van der Waals surface area contributed by atoms with Crippen molar-refractivity contribution in [3.05, 3.63) is 102 Å². The van der Waals surface area contributed by atoms with E-state index in [1.165, 1.54) is 5.56 Å². The molecule has 0 fully saturated rings. The summed E-state index contributed by atoms with van der Waals surface area (Å²) >= 11 is 0. The van der Waals surface area contributed by atoms with E-state index in [-0.39, 0.29) is 5.91 Å². The fraction of sp³-hybridized carbons (Fsp3) is 0.174. The van der Waals surface area contributed by atoms with Crippen molar-refractivity contribution >= 4 is 5.91 Å².